The summed E-state index contributed by atoms with van der Waals surface area (Å²) in [4.78, 5) is 30.1. The fourth-order valence-electron chi connectivity index (χ4n) is 2.70. The summed E-state index contributed by atoms with van der Waals surface area (Å²) in [6, 6.07) is 5.21. The zero-order valence-corrected chi connectivity index (χ0v) is 14.9. The number of aromatic nitrogens is 2. The van der Waals surface area contributed by atoms with Crippen molar-refractivity contribution < 1.29 is 23.8 Å². The van der Waals surface area contributed by atoms with Gasteiger partial charge >= 0.3 is 11.9 Å². The summed E-state index contributed by atoms with van der Waals surface area (Å²) >= 11 is 6.39. The van der Waals surface area contributed by atoms with Gasteiger partial charge in [0, 0.05) is 12.4 Å². The maximum absolute atomic E-state index is 12.4. The number of nitrogens with zero attached hydrogens (tertiary/aromatic N) is 3. The van der Waals surface area contributed by atoms with E-state index in [0.29, 0.717) is 16.4 Å². The summed E-state index contributed by atoms with van der Waals surface area (Å²) in [5.74, 6) is -1.34. The van der Waals surface area contributed by atoms with Crippen LogP contribution in [0, 0.1) is 0 Å². The lowest BCUT2D eigenvalue weighted by Crippen LogP contribution is -2.39. The number of esters is 2. The van der Waals surface area contributed by atoms with Crippen molar-refractivity contribution in [1.29, 1.82) is 0 Å². The molecule has 2 heterocycles. The van der Waals surface area contributed by atoms with Crippen LogP contribution in [0.4, 0.5) is 5.69 Å². The topological polar surface area (TPSA) is 82.9 Å². The Balaban J connectivity index is 2.21. The third-order valence-electron chi connectivity index (χ3n) is 3.85. The summed E-state index contributed by atoms with van der Waals surface area (Å²) in [7, 11) is 2.48. The van der Waals surface area contributed by atoms with Crippen LogP contribution in [0.15, 0.2) is 48.2 Å². The van der Waals surface area contributed by atoms with Gasteiger partial charge < -0.3 is 23.7 Å². The molecule has 8 nitrogen and oxygen atoms in total. The van der Waals surface area contributed by atoms with Crippen molar-refractivity contribution in [2.45, 2.75) is 0 Å². The highest BCUT2D eigenvalue weighted by Crippen LogP contribution is 2.35. The van der Waals surface area contributed by atoms with Gasteiger partial charge in [-0.05, 0) is 12.1 Å². The first-order valence-electron chi connectivity index (χ1n) is 7.60. The highest BCUT2D eigenvalue weighted by atomic mass is 35.5. The SMILES string of the molecule is COC(=O)C1=C(C(=O)OC)N(c2cccc(Cl)c2-n2ccnc2)COC1. The Morgan fingerprint density at radius 1 is 1.23 bits per heavy atom. The fraction of sp³-hybridized carbons (Fsp3) is 0.235. The second-order valence-corrected chi connectivity index (χ2v) is 5.70. The summed E-state index contributed by atoms with van der Waals surface area (Å²) in [5.41, 5.74) is 1.26. The predicted octanol–water partition coefficient (Wildman–Crippen LogP) is 1.92. The van der Waals surface area contributed by atoms with Gasteiger partial charge in [0.2, 0.25) is 0 Å². The van der Waals surface area contributed by atoms with Gasteiger partial charge in [0.1, 0.15) is 12.4 Å². The molecule has 0 bridgehead atoms. The number of imidazole rings is 1. The second kappa shape index (κ2) is 7.59. The summed E-state index contributed by atoms with van der Waals surface area (Å²) < 4.78 is 16.9. The smallest absolute Gasteiger partial charge is 0.355 e. The molecule has 9 heteroatoms. The molecular weight excluding hydrogens is 362 g/mol. The molecule has 1 aromatic carbocycles. The molecule has 0 atom stereocenters. The van der Waals surface area contributed by atoms with Gasteiger partial charge in [-0.15, -0.1) is 0 Å². The molecule has 2 aromatic rings. The van der Waals surface area contributed by atoms with Gasteiger partial charge in [-0.2, -0.15) is 0 Å². The quantitative estimate of drug-likeness (QED) is 0.753. The maximum Gasteiger partial charge on any atom is 0.355 e. The summed E-state index contributed by atoms with van der Waals surface area (Å²) in [5, 5.41) is 0.440. The lowest BCUT2D eigenvalue weighted by molar-refractivity contribution is -0.140. The molecule has 0 radical (unpaired) electrons. The first-order chi connectivity index (χ1) is 12.6. The number of hydrogen-bond acceptors (Lipinski definition) is 7. The number of para-hydroxylation sites is 1. The lowest BCUT2D eigenvalue weighted by atomic mass is 10.1. The van der Waals surface area contributed by atoms with Crippen molar-refractivity contribution in [1.82, 2.24) is 9.55 Å². The normalized spacial score (nSPS) is 14.3. The van der Waals surface area contributed by atoms with Crippen LogP contribution >= 0.6 is 11.6 Å². The zero-order chi connectivity index (χ0) is 18.7. The number of anilines is 1. The third-order valence-corrected chi connectivity index (χ3v) is 4.16. The lowest BCUT2D eigenvalue weighted by Gasteiger charge is -2.32. The van der Waals surface area contributed by atoms with Crippen molar-refractivity contribution in [3.63, 3.8) is 0 Å². The Bertz CT molecular complexity index is 863. The van der Waals surface area contributed by atoms with E-state index in [1.807, 2.05) is 0 Å². The average Bonchev–Trinajstić information content (AvgIpc) is 3.20. The van der Waals surface area contributed by atoms with E-state index in [-0.39, 0.29) is 24.6 Å². The van der Waals surface area contributed by atoms with E-state index in [1.54, 1.807) is 41.5 Å². The van der Waals surface area contributed by atoms with Crippen LogP contribution in [-0.2, 0) is 23.8 Å². The van der Waals surface area contributed by atoms with E-state index in [2.05, 4.69) is 4.98 Å². The number of rotatable bonds is 4. The highest BCUT2D eigenvalue weighted by molar-refractivity contribution is 6.33. The van der Waals surface area contributed by atoms with Crippen LogP contribution in [0.2, 0.25) is 5.02 Å². The molecule has 0 unspecified atom stereocenters. The summed E-state index contributed by atoms with van der Waals surface area (Å²) in [6.45, 7) is -0.0262. The van der Waals surface area contributed by atoms with Crippen LogP contribution in [0.5, 0.6) is 0 Å². The number of hydrogen-bond donors (Lipinski definition) is 0. The van der Waals surface area contributed by atoms with E-state index < -0.39 is 11.9 Å². The largest absolute Gasteiger partial charge is 0.466 e. The Morgan fingerprint density at radius 3 is 2.65 bits per heavy atom. The van der Waals surface area contributed by atoms with E-state index in [0.717, 1.165) is 0 Å². The van der Waals surface area contributed by atoms with Crippen LogP contribution in [-0.4, -0.2) is 49.0 Å². The molecule has 1 aliphatic rings. The highest BCUT2D eigenvalue weighted by Gasteiger charge is 2.33. The number of halogens is 1. The summed E-state index contributed by atoms with van der Waals surface area (Å²) in [6.07, 6.45) is 4.91. The number of ether oxygens (including phenoxy) is 3. The Labute approximate surface area is 154 Å². The standard InChI is InChI=1S/C17H16ClN3O5/c1-24-16(22)11-8-26-10-21(14(11)17(23)25-2)13-5-3-4-12(18)15(13)20-7-6-19-9-20/h3-7,9H,8,10H2,1-2H3. The minimum Gasteiger partial charge on any atom is -0.466 e. The second-order valence-electron chi connectivity index (χ2n) is 5.29. The Morgan fingerprint density at radius 2 is 2.00 bits per heavy atom. The molecule has 136 valence electrons. The van der Waals surface area contributed by atoms with E-state index >= 15 is 0 Å². The van der Waals surface area contributed by atoms with Crippen molar-refractivity contribution >= 4 is 29.2 Å². The molecule has 0 spiro atoms. The Kier molecular flexibility index (Phi) is 5.24. The number of carbonyl (C=O) groups is 2. The number of carbonyl (C=O) groups excluding carboxylic acids is 2. The predicted molar refractivity (Wildman–Crippen MR) is 92.9 cm³/mol. The van der Waals surface area contributed by atoms with Crippen LogP contribution in [0.3, 0.4) is 0 Å². The average molecular weight is 378 g/mol. The van der Waals surface area contributed by atoms with Crippen molar-refractivity contribution in [3.8, 4) is 5.69 Å². The molecule has 0 saturated heterocycles. The minimum absolute atomic E-state index is 0.0347. The minimum atomic E-state index is -0.676. The van der Waals surface area contributed by atoms with Gasteiger partial charge in [-0.3, -0.25) is 0 Å². The van der Waals surface area contributed by atoms with Crippen molar-refractivity contribution in [2.75, 3.05) is 32.5 Å². The van der Waals surface area contributed by atoms with Crippen LogP contribution in [0.1, 0.15) is 0 Å². The fourth-order valence-corrected chi connectivity index (χ4v) is 2.97. The molecule has 0 amide bonds. The molecule has 3 rings (SSSR count). The molecule has 0 aliphatic carbocycles. The molecule has 1 aromatic heterocycles. The van der Waals surface area contributed by atoms with E-state index in [4.69, 9.17) is 25.8 Å². The first-order valence-corrected chi connectivity index (χ1v) is 7.98. The van der Waals surface area contributed by atoms with Crippen LogP contribution in [0.25, 0.3) is 5.69 Å². The molecular formula is C17H16ClN3O5. The third kappa shape index (κ3) is 3.16. The van der Waals surface area contributed by atoms with Crippen LogP contribution < -0.4 is 4.90 Å². The Hall–Kier alpha value is -2.84. The van der Waals surface area contributed by atoms with Gasteiger partial charge in [0.25, 0.3) is 0 Å². The molecule has 1 aliphatic heterocycles. The first kappa shape index (κ1) is 18.0. The molecule has 0 fully saturated rings. The van der Waals surface area contributed by atoms with E-state index in [9.17, 15) is 9.59 Å². The van der Waals surface area contributed by atoms with Crippen molar-refractivity contribution in [3.05, 3.63) is 53.2 Å². The van der Waals surface area contributed by atoms with Gasteiger partial charge in [-0.1, -0.05) is 17.7 Å². The van der Waals surface area contributed by atoms with Crippen molar-refractivity contribution in [2.24, 2.45) is 0 Å². The van der Waals surface area contributed by atoms with Gasteiger partial charge in [-0.25, -0.2) is 14.6 Å². The maximum atomic E-state index is 12.4. The number of benzene rings is 1. The van der Waals surface area contributed by atoms with Gasteiger partial charge in [0.15, 0.2) is 0 Å². The van der Waals surface area contributed by atoms with Gasteiger partial charge in [0.05, 0.1) is 49.1 Å². The zero-order valence-electron chi connectivity index (χ0n) is 14.1. The molecule has 0 saturated carbocycles. The monoisotopic (exact) mass is 377 g/mol. The number of methoxy groups -OCH3 is 2. The van der Waals surface area contributed by atoms with E-state index in [1.165, 1.54) is 19.1 Å². The molecule has 0 N–H and O–H groups in total. The molecule has 26 heavy (non-hydrogen) atoms.